The van der Waals surface area contributed by atoms with E-state index in [9.17, 15) is 19.5 Å². The van der Waals surface area contributed by atoms with E-state index in [1.807, 2.05) is 0 Å². The van der Waals surface area contributed by atoms with E-state index in [0.717, 1.165) is 0 Å². The fraction of sp³-hybridized carbons (Fsp3) is 0.812. The molecule has 0 bridgehead atoms. The van der Waals surface area contributed by atoms with Gasteiger partial charge in [-0.2, -0.15) is 0 Å². The molecule has 7 nitrogen and oxygen atoms in total. The summed E-state index contributed by atoms with van der Waals surface area (Å²) in [5, 5.41) is 10.2. The number of ether oxygens (including phenoxy) is 2. The topological polar surface area (TPSA) is 93.1 Å². The maximum absolute atomic E-state index is 12.8. The molecule has 0 unspecified atom stereocenters. The minimum atomic E-state index is -1.49. The van der Waals surface area contributed by atoms with Crippen LogP contribution in [0.1, 0.15) is 48.0 Å². The molecule has 2 rings (SSSR count). The SMILES string of the molecule is C[C@H](O)[C@@]1(C(=O)OCOC(=O)C(C)(C)C)N2C(=O)C[C@H]2SC1(C)C. The smallest absolute Gasteiger partial charge is 0.339 e. The maximum atomic E-state index is 12.8. The molecule has 1 N–H and O–H groups in total. The number of carbonyl (C=O) groups excluding carboxylic acids is 3. The Morgan fingerprint density at radius 3 is 2.42 bits per heavy atom. The molecule has 0 radical (unpaired) electrons. The first kappa shape index (κ1) is 19.1. The van der Waals surface area contributed by atoms with E-state index in [1.54, 1.807) is 34.6 Å². The van der Waals surface area contributed by atoms with Crippen molar-refractivity contribution in [3.63, 3.8) is 0 Å². The van der Waals surface area contributed by atoms with Gasteiger partial charge in [0.15, 0.2) is 5.54 Å². The number of hydrogen-bond donors (Lipinski definition) is 1. The molecule has 0 aliphatic carbocycles. The van der Waals surface area contributed by atoms with Gasteiger partial charge in [0.1, 0.15) is 0 Å². The number of β-lactam (4-membered cyclic amide) rings is 1. The summed E-state index contributed by atoms with van der Waals surface area (Å²) in [6.07, 6.45) is -0.783. The fourth-order valence-corrected chi connectivity index (χ4v) is 5.13. The molecule has 2 saturated heterocycles. The zero-order valence-electron chi connectivity index (χ0n) is 14.9. The number of thioether (sulfide) groups is 1. The Bertz CT molecular complexity index is 567. The Kier molecular flexibility index (Phi) is 4.69. The predicted octanol–water partition coefficient (Wildman–Crippen LogP) is 1.28. The predicted molar refractivity (Wildman–Crippen MR) is 87.8 cm³/mol. The average Bonchev–Trinajstić information content (AvgIpc) is 2.61. The Morgan fingerprint density at radius 2 is 1.96 bits per heavy atom. The zero-order valence-corrected chi connectivity index (χ0v) is 15.7. The van der Waals surface area contributed by atoms with Gasteiger partial charge in [-0.15, -0.1) is 11.8 Å². The van der Waals surface area contributed by atoms with Gasteiger partial charge in [0, 0.05) is 4.75 Å². The van der Waals surface area contributed by atoms with Gasteiger partial charge < -0.3 is 19.5 Å². The van der Waals surface area contributed by atoms with E-state index in [-0.39, 0.29) is 11.3 Å². The van der Waals surface area contributed by atoms with Gasteiger partial charge in [0.05, 0.1) is 23.3 Å². The normalized spacial score (nSPS) is 29.5. The molecule has 2 aliphatic heterocycles. The van der Waals surface area contributed by atoms with Crippen molar-refractivity contribution >= 4 is 29.6 Å². The summed E-state index contributed by atoms with van der Waals surface area (Å²) < 4.78 is 9.37. The van der Waals surface area contributed by atoms with Crippen LogP contribution in [0, 0.1) is 5.41 Å². The highest BCUT2D eigenvalue weighted by Crippen LogP contribution is 2.58. The van der Waals surface area contributed by atoms with Crippen LogP contribution >= 0.6 is 11.8 Å². The first-order valence-corrected chi connectivity index (χ1v) is 8.76. The first-order chi connectivity index (χ1) is 10.9. The monoisotopic (exact) mass is 359 g/mol. The molecule has 136 valence electrons. The van der Waals surface area contributed by atoms with E-state index >= 15 is 0 Å². The van der Waals surface area contributed by atoms with Crippen molar-refractivity contribution in [3.8, 4) is 0 Å². The lowest BCUT2D eigenvalue weighted by atomic mass is 9.77. The molecule has 8 heteroatoms. The maximum Gasteiger partial charge on any atom is 0.339 e. The summed E-state index contributed by atoms with van der Waals surface area (Å²) in [5.41, 5.74) is -2.21. The van der Waals surface area contributed by atoms with Crippen molar-refractivity contribution in [2.75, 3.05) is 6.79 Å². The van der Waals surface area contributed by atoms with Crippen molar-refractivity contribution in [2.24, 2.45) is 5.41 Å². The molecule has 3 atom stereocenters. The number of carbonyl (C=O) groups is 3. The summed E-state index contributed by atoms with van der Waals surface area (Å²) in [5.74, 6) is -1.45. The summed E-state index contributed by atoms with van der Waals surface area (Å²) in [4.78, 5) is 38.0. The molecule has 0 saturated carbocycles. The van der Waals surface area contributed by atoms with E-state index in [2.05, 4.69) is 0 Å². The number of aliphatic hydroxyl groups excluding tert-OH is 1. The summed E-state index contributed by atoms with van der Waals surface area (Å²) >= 11 is 1.47. The molecule has 0 aromatic heterocycles. The standard InChI is InChI=1S/C16H25NO6S/c1-9(18)16(13(21)23-8-22-12(20)14(2,3)4)15(5,6)24-11-7-10(19)17(11)16/h9,11,18H,7-8H2,1-6H3/t9-,11+,16-/m0/s1. The third kappa shape index (κ3) is 2.69. The molecular formula is C16H25NO6S. The zero-order chi connectivity index (χ0) is 18.5. The van der Waals surface area contributed by atoms with Gasteiger partial charge in [-0.3, -0.25) is 9.59 Å². The third-order valence-electron chi connectivity index (χ3n) is 4.54. The lowest BCUT2D eigenvalue weighted by Gasteiger charge is -2.48. The second-order valence-corrected chi connectivity index (χ2v) is 9.52. The van der Waals surface area contributed by atoms with Crippen molar-refractivity contribution in [1.82, 2.24) is 4.90 Å². The first-order valence-electron chi connectivity index (χ1n) is 7.88. The molecule has 0 aromatic carbocycles. The number of aliphatic hydroxyl groups is 1. The second-order valence-electron chi connectivity index (χ2n) is 7.72. The fourth-order valence-electron chi connectivity index (χ4n) is 3.31. The molecule has 1 amide bonds. The van der Waals surface area contributed by atoms with Gasteiger partial charge in [-0.1, -0.05) is 0 Å². The average molecular weight is 359 g/mol. The number of hydrogen-bond acceptors (Lipinski definition) is 7. The summed E-state index contributed by atoms with van der Waals surface area (Å²) in [7, 11) is 0. The Labute approximate surface area is 146 Å². The molecule has 0 aromatic rings. The third-order valence-corrected chi connectivity index (χ3v) is 6.09. The van der Waals surface area contributed by atoms with Crippen LogP contribution in [0.5, 0.6) is 0 Å². The van der Waals surface area contributed by atoms with E-state index in [4.69, 9.17) is 9.47 Å². The minimum Gasteiger partial charge on any atom is -0.427 e. The quantitative estimate of drug-likeness (QED) is 0.459. The largest absolute Gasteiger partial charge is 0.427 e. The number of esters is 2. The van der Waals surface area contributed by atoms with Crippen LogP contribution < -0.4 is 0 Å². The number of amides is 1. The number of fused-ring (bicyclic) bond motifs is 1. The van der Waals surface area contributed by atoms with Crippen LogP contribution in [-0.4, -0.2) is 56.4 Å². The van der Waals surface area contributed by atoms with Crippen LogP contribution in [0.4, 0.5) is 0 Å². The number of nitrogens with zero attached hydrogens (tertiary/aromatic N) is 1. The highest BCUT2D eigenvalue weighted by molar-refractivity contribution is 8.01. The minimum absolute atomic E-state index is 0.147. The van der Waals surface area contributed by atoms with Crippen molar-refractivity contribution in [3.05, 3.63) is 0 Å². The van der Waals surface area contributed by atoms with E-state index < -0.39 is 40.5 Å². The number of rotatable bonds is 4. The van der Waals surface area contributed by atoms with Crippen molar-refractivity contribution in [2.45, 2.75) is 69.7 Å². The Hall–Kier alpha value is -1.28. The van der Waals surface area contributed by atoms with Crippen LogP contribution in [0.15, 0.2) is 0 Å². The van der Waals surface area contributed by atoms with Crippen LogP contribution in [0.2, 0.25) is 0 Å². The highest BCUT2D eigenvalue weighted by atomic mass is 32.2. The molecule has 24 heavy (non-hydrogen) atoms. The van der Waals surface area contributed by atoms with Gasteiger partial charge in [-0.05, 0) is 41.5 Å². The highest BCUT2D eigenvalue weighted by Gasteiger charge is 2.72. The van der Waals surface area contributed by atoms with Crippen LogP contribution in [-0.2, 0) is 23.9 Å². The van der Waals surface area contributed by atoms with Gasteiger partial charge >= 0.3 is 11.9 Å². The Balaban J connectivity index is 2.17. The molecule has 2 heterocycles. The van der Waals surface area contributed by atoms with Gasteiger partial charge in [0.25, 0.3) is 0 Å². The lowest BCUT2D eigenvalue weighted by molar-refractivity contribution is -0.194. The van der Waals surface area contributed by atoms with Gasteiger partial charge in [0.2, 0.25) is 12.7 Å². The second kappa shape index (κ2) is 5.91. The van der Waals surface area contributed by atoms with Crippen molar-refractivity contribution < 1.29 is 29.0 Å². The molecule has 0 spiro atoms. The van der Waals surface area contributed by atoms with Gasteiger partial charge in [-0.25, -0.2) is 4.79 Å². The lowest BCUT2D eigenvalue weighted by Crippen LogP contribution is -2.72. The van der Waals surface area contributed by atoms with Crippen LogP contribution in [0.3, 0.4) is 0 Å². The van der Waals surface area contributed by atoms with E-state index in [1.165, 1.54) is 23.6 Å². The van der Waals surface area contributed by atoms with Crippen molar-refractivity contribution in [1.29, 1.82) is 0 Å². The summed E-state index contributed by atoms with van der Waals surface area (Å²) in [6.45, 7) is 9.60. The molecular weight excluding hydrogens is 334 g/mol. The van der Waals surface area contributed by atoms with E-state index in [0.29, 0.717) is 6.42 Å². The summed E-state index contributed by atoms with van der Waals surface area (Å²) in [6, 6.07) is 0. The molecule has 2 fully saturated rings. The van der Waals surface area contributed by atoms with Crippen LogP contribution in [0.25, 0.3) is 0 Å². The Morgan fingerprint density at radius 1 is 1.38 bits per heavy atom. The molecule has 2 aliphatic rings.